The van der Waals surface area contributed by atoms with Crippen molar-refractivity contribution < 1.29 is 0 Å². The Kier molecular flexibility index (Phi) is 5.70. The lowest BCUT2D eigenvalue weighted by Crippen LogP contribution is -2.36. The number of likely N-dealkylation sites (tertiary alicyclic amines) is 1. The van der Waals surface area contributed by atoms with E-state index in [1.807, 2.05) is 6.07 Å². The highest BCUT2D eigenvalue weighted by atomic mass is 15.1. The van der Waals surface area contributed by atoms with E-state index < -0.39 is 0 Å². The van der Waals surface area contributed by atoms with Crippen LogP contribution < -0.4 is 5.32 Å². The number of nitrogens with zero attached hydrogens (tertiary/aromatic N) is 4. The van der Waals surface area contributed by atoms with Gasteiger partial charge in [0, 0.05) is 37.1 Å². The summed E-state index contributed by atoms with van der Waals surface area (Å²) in [5.74, 6) is 2.03. The Balaban J connectivity index is 1.38. The van der Waals surface area contributed by atoms with Crippen molar-refractivity contribution in [1.29, 1.82) is 0 Å². The zero-order valence-electron chi connectivity index (χ0n) is 15.5. The standard InChI is InChI=1S/C22H25N5/c1-2-6-18(7-3-1)11-15-27-14-5-8-19(17-27)20-9-4-10-21(25-20)26-22-16-23-12-13-24-22/h1-4,6-7,9-10,12-13,16,19H,5,8,11,14-15,17H2,(H,24,25,26)/t19-/m1/s1. The molecule has 138 valence electrons. The van der Waals surface area contributed by atoms with Gasteiger partial charge in [0.1, 0.15) is 11.6 Å². The Bertz CT molecular complexity index is 838. The minimum absolute atomic E-state index is 0.484. The summed E-state index contributed by atoms with van der Waals surface area (Å²) in [6.45, 7) is 3.37. The summed E-state index contributed by atoms with van der Waals surface area (Å²) in [6, 6.07) is 16.9. The van der Waals surface area contributed by atoms with Crippen LogP contribution in [0, 0.1) is 0 Å². The first-order valence-electron chi connectivity index (χ1n) is 9.63. The first-order chi connectivity index (χ1) is 13.4. The van der Waals surface area contributed by atoms with Gasteiger partial charge < -0.3 is 10.2 Å². The molecule has 0 spiro atoms. The van der Waals surface area contributed by atoms with Gasteiger partial charge in [0.05, 0.1) is 6.20 Å². The molecule has 1 aliphatic heterocycles. The average Bonchev–Trinajstić information content (AvgIpc) is 2.74. The van der Waals surface area contributed by atoms with Crippen LogP contribution in [0.1, 0.15) is 30.0 Å². The molecular weight excluding hydrogens is 334 g/mol. The summed E-state index contributed by atoms with van der Waals surface area (Å²) in [6.07, 6.45) is 8.58. The van der Waals surface area contributed by atoms with Crippen LogP contribution in [-0.4, -0.2) is 39.5 Å². The van der Waals surface area contributed by atoms with Crippen molar-refractivity contribution in [3.63, 3.8) is 0 Å². The molecule has 0 unspecified atom stereocenters. The number of pyridine rings is 1. The highest BCUT2D eigenvalue weighted by Gasteiger charge is 2.22. The van der Waals surface area contributed by atoms with Crippen molar-refractivity contribution in [2.45, 2.75) is 25.2 Å². The van der Waals surface area contributed by atoms with Crippen molar-refractivity contribution in [3.8, 4) is 0 Å². The van der Waals surface area contributed by atoms with Gasteiger partial charge in [0.2, 0.25) is 0 Å². The van der Waals surface area contributed by atoms with Crippen LogP contribution in [0.15, 0.2) is 67.1 Å². The van der Waals surface area contributed by atoms with Crippen LogP contribution in [0.25, 0.3) is 0 Å². The van der Waals surface area contributed by atoms with Crippen molar-refractivity contribution in [2.75, 3.05) is 25.0 Å². The van der Waals surface area contributed by atoms with E-state index in [9.17, 15) is 0 Å². The molecule has 0 saturated carbocycles. The first-order valence-corrected chi connectivity index (χ1v) is 9.63. The van der Waals surface area contributed by atoms with E-state index in [0.717, 1.165) is 36.8 Å². The predicted molar refractivity (Wildman–Crippen MR) is 108 cm³/mol. The van der Waals surface area contributed by atoms with E-state index in [1.54, 1.807) is 18.6 Å². The third kappa shape index (κ3) is 4.89. The van der Waals surface area contributed by atoms with Crippen LogP contribution >= 0.6 is 0 Å². The summed E-state index contributed by atoms with van der Waals surface area (Å²) in [5.41, 5.74) is 2.57. The van der Waals surface area contributed by atoms with Crippen LogP contribution in [0.5, 0.6) is 0 Å². The third-order valence-electron chi connectivity index (χ3n) is 5.07. The smallest absolute Gasteiger partial charge is 0.150 e. The maximum Gasteiger partial charge on any atom is 0.150 e. The van der Waals surface area contributed by atoms with Gasteiger partial charge in [-0.3, -0.25) is 4.98 Å². The summed E-state index contributed by atoms with van der Waals surface area (Å²) < 4.78 is 0. The van der Waals surface area contributed by atoms with Gasteiger partial charge in [-0.05, 0) is 43.5 Å². The van der Waals surface area contributed by atoms with Crippen LogP contribution in [0.2, 0.25) is 0 Å². The molecule has 0 amide bonds. The molecule has 1 atom stereocenters. The SMILES string of the molecule is c1ccc(CCN2CCC[C@@H](c3cccc(Nc4cnccn4)n3)C2)cc1. The molecule has 1 N–H and O–H groups in total. The van der Waals surface area contributed by atoms with Gasteiger partial charge in [-0.15, -0.1) is 0 Å². The number of rotatable bonds is 6. The number of piperidine rings is 1. The third-order valence-corrected chi connectivity index (χ3v) is 5.07. The molecule has 1 aliphatic rings. The quantitative estimate of drug-likeness (QED) is 0.720. The Morgan fingerprint density at radius 1 is 1.00 bits per heavy atom. The molecule has 1 saturated heterocycles. The number of anilines is 2. The molecule has 0 aliphatic carbocycles. The highest BCUT2D eigenvalue weighted by Crippen LogP contribution is 2.27. The van der Waals surface area contributed by atoms with E-state index in [-0.39, 0.29) is 0 Å². The zero-order valence-corrected chi connectivity index (χ0v) is 15.5. The van der Waals surface area contributed by atoms with Crippen molar-refractivity contribution in [3.05, 3.63) is 78.4 Å². The molecule has 3 aromatic rings. The van der Waals surface area contributed by atoms with Gasteiger partial charge in [0.25, 0.3) is 0 Å². The number of hydrogen-bond acceptors (Lipinski definition) is 5. The second-order valence-corrected chi connectivity index (χ2v) is 7.04. The lowest BCUT2D eigenvalue weighted by atomic mass is 9.94. The highest BCUT2D eigenvalue weighted by molar-refractivity contribution is 5.50. The zero-order chi connectivity index (χ0) is 18.3. The Hall–Kier alpha value is -2.79. The molecule has 5 heteroatoms. The van der Waals surface area contributed by atoms with Crippen LogP contribution in [-0.2, 0) is 6.42 Å². The Morgan fingerprint density at radius 3 is 2.78 bits per heavy atom. The van der Waals surface area contributed by atoms with Gasteiger partial charge in [-0.2, -0.15) is 0 Å². The fourth-order valence-electron chi connectivity index (χ4n) is 3.68. The molecule has 3 heterocycles. The number of benzene rings is 1. The molecule has 1 fully saturated rings. The topological polar surface area (TPSA) is 53.9 Å². The minimum Gasteiger partial charge on any atom is -0.324 e. The van der Waals surface area contributed by atoms with Gasteiger partial charge >= 0.3 is 0 Å². The summed E-state index contributed by atoms with van der Waals surface area (Å²) in [7, 11) is 0. The molecule has 0 bridgehead atoms. The fraction of sp³-hybridized carbons (Fsp3) is 0.318. The second kappa shape index (κ2) is 8.73. The van der Waals surface area contributed by atoms with Crippen LogP contribution in [0.4, 0.5) is 11.6 Å². The van der Waals surface area contributed by atoms with Crippen molar-refractivity contribution in [1.82, 2.24) is 19.9 Å². The first kappa shape index (κ1) is 17.6. The summed E-state index contributed by atoms with van der Waals surface area (Å²) >= 11 is 0. The molecule has 1 aromatic carbocycles. The van der Waals surface area contributed by atoms with Gasteiger partial charge in [-0.1, -0.05) is 36.4 Å². The lowest BCUT2D eigenvalue weighted by Gasteiger charge is -2.32. The summed E-state index contributed by atoms with van der Waals surface area (Å²) in [5, 5.41) is 3.24. The van der Waals surface area contributed by atoms with Gasteiger partial charge in [0.15, 0.2) is 0 Å². The van der Waals surface area contributed by atoms with Crippen molar-refractivity contribution in [2.24, 2.45) is 0 Å². The predicted octanol–water partition coefficient (Wildman–Crippen LogP) is 4.04. The molecule has 4 rings (SSSR count). The molecular formula is C22H25N5. The van der Waals surface area contributed by atoms with E-state index >= 15 is 0 Å². The monoisotopic (exact) mass is 359 g/mol. The Labute approximate surface area is 160 Å². The maximum atomic E-state index is 4.84. The fourth-order valence-corrected chi connectivity index (χ4v) is 3.68. The molecule has 2 aromatic heterocycles. The van der Waals surface area contributed by atoms with E-state index in [1.165, 1.54) is 24.9 Å². The minimum atomic E-state index is 0.484. The normalized spacial score (nSPS) is 17.6. The molecule has 27 heavy (non-hydrogen) atoms. The largest absolute Gasteiger partial charge is 0.324 e. The van der Waals surface area contributed by atoms with E-state index in [4.69, 9.17) is 4.98 Å². The Morgan fingerprint density at radius 2 is 1.93 bits per heavy atom. The number of nitrogens with one attached hydrogen (secondary N) is 1. The average molecular weight is 359 g/mol. The number of aromatic nitrogens is 3. The van der Waals surface area contributed by atoms with Crippen molar-refractivity contribution >= 4 is 11.6 Å². The summed E-state index contributed by atoms with van der Waals surface area (Å²) in [4.78, 5) is 15.8. The molecule has 5 nitrogen and oxygen atoms in total. The van der Waals surface area contributed by atoms with Crippen LogP contribution in [0.3, 0.4) is 0 Å². The van der Waals surface area contributed by atoms with Gasteiger partial charge in [-0.25, -0.2) is 9.97 Å². The second-order valence-electron chi connectivity index (χ2n) is 7.04. The van der Waals surface area contributed by atoms with E-state index in [0.29, 0.717) is 5.92 Å². The number of hydrogen-bond donors (Lipinski definition) is 1. The maximum absolute atomic E-state index is 4.84. The lowest BCUT2D eigenvalue weighted by molar-refractivity contribution is 0.208. The van der Waals surface area contributed by atoms with E-state index in [2.05, 4.69) is 62.6 Å². The molecule has 0 radical (unpaired) electrons.